The van der Waals surface area contributed by atoms with E-state index in [9.17, 15) is 19.5 Å². The molecule has 110 valence electrons. The molecule has 0 radical (unpaired) electrons. The zero-order valence-corrected chi connectivity index (χ0v) is 11.7. The Bertz CT molecular complexity index is 649. The van der Waals surface area contributed by atoms with Gasteiger partial charge in [-0.2, -0.15) is 0 Å². The van der Waals surface area contributed by atoms with Crippen LogP contribution in [0.1, 0.15) is 5.56 Å². The van der Waals surface area contributed by atoms with E-state index in [1.165, 1.54) is 18.2 Å². The minimum atomic E-state index is -1.42. The predicted molar refractivity (Wildman–Crippen MR) is 71.6 cm³/mol. The first-order valence-electron chi connectivity index (χ1n) is 5.52. The van der Waals surface area contributed by atoms with Crippen molar-refractivity contribution in [2.24, 2.45) is 0 Å². The maximum atomic E-state index is 11.4. The van der Waals surface area contributed by atoms with E-state index < -0.39 is 24.5 Å². The molecule has 3 amide bonds. The number of aliphatic carboxylic acids is 1. The van der Waals surface area contributed by atoms with Crippen molar-refractivity contribution in [3.05, 3.63) is 33.4 Å². The van der Waals surface area contributed by atoms with Gasteiger partial charge in [-0.25, -0.2) is 4.79 Å². The van der Waals surface area contributed by atoms with Gasteiger partial charge in [0.25, 0.3) is 5.91 Å². The topological polar surface area (TPSA) is 108 Å². The quantitative estimate of drug-likeness (QED) is 0.610. The van der Waals surface area contributed by atoms with Crippen molar-refractivity contribution < 1.29 is 24.2 Å². The molecule has 1 fully saturated rings. The minimum Gasteiger partial charge on any atom is -0.546 e. The standard InChI is InChI=1S/C12H8Cl2N2O5/c13-6-1-5(3-8-11(19)16-12(20)15-8)2-7(14)10(6)21-4-9(17)18/h1-3H,4H2,(H,17,18)(H2,15,16,19,20)/p-1/b8-3-. The smallest absolute Gasteiger partial charge is 0.326 e. The Balaban J connectivity index is 2.27. The fraction of sp³-hybridized carbons (Fsp3) is 0.0833. The third kappa shape index (κ3) is 3.65. The fourth-order valence-corrected chi connectivity index (χ4v) is 2.19. The summed E-state index contributed by atoms with van der Waals surface area (Å²) < 4.78 is 4.90. The van der Waals surface area contributed by atoms with Gasteiger partial charge in [-0.1, -0.05) is 23.2 Å². The molecule has 1 saturated heterocycles. The maximum Gasteiger partial charge on any atom is 0.326 e. The van der Waals surface area contributed by atoms with Crippen LogP contribution < -0.4 is 20.5 Å². The number of hydrogen-bond donors (Lipinski definition) is 2. The van der Waals surface area contributed by atoms with E-state index in [1.54, 1.807) is 0 Å². The highest BCUT2D eigenvalue weighted by Gasteiger charge is 2.23. The van der Waals surface area contributed by atoms with Crippen molar-refractivity contribution >= 4 is 47.2 Å². The molecule has 7 nitrogen and oxygen atoms in total. The first-order chi connectivity index (χ1) is 9.86. The van der Waals surface area contributed by atoms with E-state index in [0.29, 0.717) is 5.56 Å². The zero-order chi connectivity index (χ0) is 15.6. The van der Waals surface area contributed by atoms with E-state index >= 15 is 0 Å². The molecular weight excluding hydrogens is 323 g/mol. The van der Waals surface area contributed by atoms with Crippen LogP contribution in [0.4, 0.5) is 4.79 Å². The maximum absolute atomic E-state index is 11.4. The molecule has 1 aromatic rings. The van der Waals surface area contributed by atoms with Gasteiger partial charge in [0.05, 0.1) is 16.0 Å². The number of carboxylic acids is 1. The Hall–Kier alpha value is -2.25. The number of urea groups is 1. The molecule has 0 aromatic heterocycles. The SMILES string of the molecule is O=C([O-])COc1c(Cl)cc(/C=C2\NC(=O)NC2=O)cc1Cl. The van der Waals surface area contributed by atoms with Gasteiger partial charge < -0.3 is 20.0 Å². The average Bonchev–Trinajstić information content (AvgIpc) is 2.66. The Labute approximate surface area is 128 Å². The molecule has 0 bridgehead atoms. The molecule has 2 N–H and O–H groups in total. The number of rotatable bonds is 4. The summed E-state index contributed by atoms with van der Waals surface area (Å²) >= 11 is 11.9. The Morgan fingerprint density at radius 1 is 1.24 bits per heavy atom. The molecule has 9 heteroatoms. The Kier molecular flexibility index (Phi) is 4.35. The second-order valence-electron chi connectivity index (χ2n) is 3.94. The first-order valence-corrected chi connectivity index (χ1v) is 6.28. The number of amides is 3. The molecule has 1 heterocycles. The molecule has 0 spiro atoms. The van der Waals surface area contributed by atoms with Crippen LogP contribution in [0.15, 0.2) is 17.8 Å². The van der Waals surface area contributed by atoms with Crippen molar-refractivity contribution in [3.63, 3.8) is 0 Å². The van der Waals surface area contributed by atoms with Gasteiger partial charge in [0.15, 0.2) is 5.75 Å². The van der Waals surface area contributed by atoms with Crippen LogP contribution in [0.2, 0.25) is 10.0 Å². The third-order valence-corrected chi connectivity index (χ3v) is 2.95. The van der Waals surface area contributed by atoms with Crippen molar-refractivity contribution in [2.45, 2.75) is 0 Å². The number of hydrogen-bond acceptors (Lipinski definition) is 5. The Morgan fingerprint density at radius 3 is 2.33 bits per heavy atom. The number of imide groups is 1. The number of carbonyl (C=O) groups excluding carboxylic acids is 3. The van der Waals surface area contributed by atoms with Gasteiger partial charge in [-0.05, 0) is 23.8 Å². The van der Waals surface area contributed by atoms with Gasteiger partial charge in [0.2, 0.25) is 0 Å². The van der Waals surface area contributed by atoms with Crippen LogP contribution in [-0.2, 0) is 9.59 Å². The van der Waals surface area contributed by atoms with Gasteiger partial charge in [0, 0.05) is 0 Å². The second-order valence-corrected chi connectivity index (χ2v) is 4.76. The number of carbonyl (C=O) groups is 3. The van der Waals surface area contributed by atoms with Gasteiger partial charge in [0.1, 0.15) is 12.3 Å². The van der Waals surface area contributed by atoms with Gasteiger partial charge >= 0.3 is 6.03 Å². The molecule has 1 aliphatic heterocycles. The average molecular weight is 330 g/mol. The van der Waals surface area contributed by atoms with Crippen molar-refractivity contribution in [3.8, 4) is 5.75 Å². The highest BCUT2D eigenvalue weighted by Crippen LogP contribution is 2.34. The zero-order valence-electron chi connectivity index (χ0n) is 10.2. The summed E-state index contributed by atoms with van der Waals surface area (Å²) in [6, 6.07) is 2.18. The fourth-order valence-electron chi connectivity index (χ4n) is 1.58. The van der Waals surface area contributed by atoms with Crippen LogP contribution in [0, 0.1) is 0 Å². The summed E-state index contributed by atoms with van der Waals surface area (Å²) in [6.07, 6.45) is 1.36. The summed E-state index contributed by atoms with van der Waals surface area (Å²) in [5.74, 6) is -2.01. The second kappa shape index (κ2) is 6.02. The van der Waals surface area contributed by atoms with Crippen LogP contribution in [0.5, 0.6) is 5.75 Å². The molecule has 1 aliphatic rings. The normalized spacial score (nSPS) is 15.8. The van der Waals surface area contributed by atoms with Crippen molar-refractivity contribution in [1.29, 1.82) is 0 Å². The number of halogens is 2. The number of nitrogens with one attached hydrogen (secondary N) is 2. The van der Waals surface area contributed by atoms with Crippen LogP contribution >= 0.6 is 23.2 Å². The molecule has 1 aromatic carbocycles. The molecule has 0 aliphatic carbocycles. The van der Waals surface area contributed by atoms with Crippen molar-refractivity contribution in [1.82, 2.24) is 10.6 Å². The lowest BCUT2D eigenvalue weighted by Crippen LogP contribution is -2.29. The lowest BCUT2D eigenvalue weighted by atomic mass is 10.2. The summed E-state index contributed by atoms with van der Waals surface area (Å²) in [6.45, 7) is -0.696. The number of carboxylic acid groups (broad SMARTS) is 1. The van der Waals surface area contributed by atoms with Crippen LogP contribution in [0.25, 0.3) is 6.08 Å². The molecular formula is C12H7Cl2N2O5-. The lowest BCUT2D eigenvalue weighted by molar-refractivity contribution is -0.307. The van der Waals surface area contributed by atoms with Crippen LogP contribution in [-0.4, -0.2) is 24.5 Å². The predicted octanol–water partition coefficient (Wildman–Crippen LogP) is 0.302. The molecule has 0 saturated carbocycles. The summed E-state index contributed by atoms with van der Waals surface area (Å²) in [5, 5.41) is 14.8. The highest BCUT2D eigenvalue weighted by atomic mass is 35.5. The largest absolute Gasteiger partial charge is 0.546 e. The van der Waals surface area contributed by atoms with E-state index in [4.69, 9.17) is 27.9 Å². The highest BCUT2D eigenvalue weighted by molar-refractivity contribution is 6.37. The monoisotopic (exact) mass is 329 g/mol. The first kappa shape index (κ1) is 15.1. The van der Waals surface area contributed by atoms with E-state index in [2.05, 4.69) is 5.32 Å². The van der Waals surface area contributed by atoms with Gasteiger partial charge in [-0.3, -0.25) is 10.1 Å². The summed E-state index contributed by atoms with van der Waals surface area (Å²) in [5.41, 5.74) is 0.466. The van der Waals surface area contributed by atoms with E-state index in [0.717, 1.165) is 0 Å². The number of ether oxygens (including phenoxy) is 1. The van der Waals surface area contributed by atoms with Crippen LogP contribution in [0.3, 0.4) is 0 Å². The minimum absolute atomic E-state index is 0.00964. The number of benzene rings is 1. The van der Waals surface area contributed by atoms with Gasteiger partial charge in [-0.15, -0.1) is 0 Å². The molecule has 2 rings (SSSR count). The Morgan fingerprint density at radius 2 is 1.86 bits per heavy atom. The molecule has 21 heavy (non-hydrogen) atoms. The molecule has 0 atom stereocenters. The molecule has 0 unspecified atom stereocenters. The van der Waals surface area contributed by atoms with E-state index in [-0.39, 0.29) is 21.5 Å². The van der Waals surface area contributed by atoms with Crippen molar-refractivity contribution in [2.75, 3.05) is 6.61 Å². The summed E-state index contributed by atoms with van der Waals surface area (Å²) in [7, 11) is 0. The lowest BCUT2D eigenvalue weighted by Gasteiger charge is -2.11. The summed E-state index contributed by atoms with van der Waals surface area (Å²) in [4.78, 5) is 32.7. The van der Waals surface area contributed by atoms with E-state index in [1.807, 2.05) is 5.32 Å². The third-order valence-electron chi connectivity index (χ3n) is 2.39.